The van der Waals surface area contributed by atoms with Crippen molar-refractivity contribution in [1.29, 1.82) is 0 Å². The number of benzene rings is 2. The molecule has 0 fully saturated rings. The molecule has 0 amide bonds. The fraction of sp³-hybridized carbons (Fsp3) is 0.0667. The fourth-order valence-electron chi connectivity index (χ4n) is 1.52. The zero-order chi connectivity index (χ0) is 14.5. The summed E-state index contributed by atoms with van der Waals surface area (Å²) < 4.78 is 10.1. The van der Waals surface area contributed by atoms with Crippen LogP contribution in [0.25, 0.3) is 0 Å². The Balaban J connectivity index is 2.13. The van der Waals surface area contributed by atoms with Gasteiger partial charge in [0.25, 0.3) is 0 Å². The summed E-state index contributed by atoms with van der Waals surface area (Å²) in [6.07, 6.45) is 0. The van der Waals surface area contributed by atoms with Gasteiger partial charge in [-0.3, -0.25) is 4.79 Å². The minimum absolute atomic E-state index is 0.193. The third kappa shape index (κ3) is 3.59. The zero-order valence-corrected chi connectivity index (χ0v) is 11.4. The van der Waals surface area contributed by atoms with E-state index in [-0.39, 0.29) is 16.5 Å². The van der Waals surface area contributed by atoms with Crippen LogP contribution in [0.4, 0.5) is 0 Å². The van der Waals surface area contributed by atoms with Crippen molar-refractivity contribution in [2.45, 2.75) is 6.92 Å². The molecule has 102 valence electrons. The summed E-state index contributed by atoms with van der Waals surface area (Å²) in [5.41, 5.74) is 0.438. The van der Waals surface area contributed by atoms with E-state index in [0.29, 0.717) is 5.56 Å². The van der Waals surface area contributed by atoms with Crippen LogP contribution < -0.4 is 9.47 Å². The van der Waals surface area contributed by atoms with Crippen LogP contribution >= 0.6 is 11.6 Å². The first kappa shape index (κ1) is 14.1. The topological polar surface area (TPSA) is 52.6 Å². The van der Waals surface area contributed by atoms with E-state index in [4.69, 9.17) is 21.1 Å². The molecule has 0 aliphatic carbocycles. The second-order valence-electron chi connectivity index (χ2n) is 3.94. The van der Waals surface area contributed by atoms with Gasteiger partial charge in [-0.25, -0.2) is 4.79 Å². The summed E-state index contributed by atoms with van der Waals surface area (Å²) >= 11 is 5.93. The lowest BCUT2D eigenvalue weighted by Gasteiger charge is -2.07. The van der Waals surface area contributed by atoms with Gasteiger partial charge in [-0.05, 0) is 24.3 Å². The lowest BCUT2D eigenvalue weighted by Crippen LogP contribution is -2.08. The Kier molecular flexibility index (Phi) is 4.38. The quantitative estimate of drug-likeness (QED) is 0.641. The second kappa shape index (κ2) is 6.21. The minimum Gasteiger partial charge on any atom is -0.425 e. The number of hydrogen-bond acceptors (Lipinski definition) is 4. The van der Waals surface area contributed by atoms with Crippen molar-refractivity contribution in [3.05, 3.63) is 59.1 Å². The molecule has 0 N–H and O–H groups in total. The normalized spacial score (nSPS) is 9.90. The standard InChI is InChI=1S/C15H11ClO4/c1-10(17)19-14-8-7-12(9-13(14)16)20-15(18)11-5-3-2-4-6-11/h2-9H,1H3. The van der Waals surface area contributed by atoms with E-state index in [0.717, 1.165) is 0 Å². The average molecular weight is 291 g/mol. The Morgan fingerprint density at radius 2 is 1.70 bits per heavy atom. The Morgan fingerprint density at radius 1 is 1.00 bits per heavy atom. The lowest BCUT2D eigenvalue weighted by molar-refractivity contribution is -0.131. The van der Waals surface area contributed by atoms with E-state index in [1.54, 1.807) is 24.3 Å². The summed E-state index contributed by atoms with van der Waals surface area (Å²) in [7, 11) is 0. The van der Waals surface area contributed by atoms with Crippen molar-refractivity contribution in [2.24, 2.45) is 0 Å². The van der Waals surface area contributed by atoms with Crippen LogP contribution in [0.3, 0.4) is 0 Å². The lowest BCUT2D eigenvalue weighted by atomic mass is 10.2. The molecule has 0 atom stereocenters. The van der Waals surface area contributed by atoms with E-state index >= 15 is 0 Å². The molecule has 0 bridgehead atoms. The third-order valence-corrected chi connectivity index (χ3v) is 2.67. The molecule has 0 unspecified atom stereocenters. The highest BCUT2D eigenvalue weighted by molar-refractivity contribution is 6.32. The first-order valence-electron chi connectivity index (χ1n) is 5.81. The molecule has 0 heterocycles. The number of hydrogen-bond donors (Lipinski definition) is 0. The highest BCUT2D eigenvalue weighted by atomic mass is 35.5. The van der Waals surface area contributed by atoms with Crippen molar-refractivity contribution in [2.75, 3.05) is 0 Å². The van der Waals surface area contributed by atoms with Gasteiger partial charge in [0.2, 0.25) is 0 Å². The Bertz CT molecular complexity index is 638. The molecule has 0 saturated heterocycles. The van der Waals surface area contributed by atoms with Gasteiger partial charge in [-0.15, -0.1) is 0 Å². The van der Waals surface area contributed by atoms with Gasteiger partial charge in [-0.1, -0.05) is 29.8 Å². The molecule has 2 rings (SSSR count). The van der Waals surface area contributed by atoms with Crippen molar-refractivity contribution in [3.63, 3.8) is 0 Å². The van der Waals surface area contributed by atoms with Crippen LogP contribution in [0.15, 0.2) is 48.5 Å². The van der Waals surface area contributed by atoms with Gasteiger partial charge in [0.05, 0.1) is 10.6 Å². The van der Waals surface area contributed by atoms with Crippen LogP contribution in [0, 0.1) is 0 Å². The summed E-state index contributed by atoms with van der Waals surface area (Å²) in [6.45, 7) is 1.28. The van der Waals surface area contributed by atoms with Crippen LogP contribution in [0.1, 0.15) is 17.3 Å². The van der Waals surface area contributed by atoms with Crippen molar-refractivity contribution in [3.8, 4) is 11.5 Å². The second-order valence-corrected chi connectivity index (χ2v) is 4.35. The van der Waals surface area contributed by atoms with Gasteiger partial charge in [-0.2, -0.15) is 0 Å². The molecule has 0 radical (unpaired) electrons. The molecule has 0 aliphatic rings. The summed E-state index contributed by atoms with van der Waals surface area (Å²) in [5, 5.41) is 0.193. The van der Waals surface area contributed by atoms with Gasteiger partial charge < -0.3 is 9.47 Å². The van der Waals surface area contributed by atoms with Gasteiger partial charge >= 0.3 is 11.9 Å². The number of halogens is 1. The van der Waals surface area contributed by atoms with Crippen LogP contribution in [0.2, 0.25) is 5.02 Å². The molecule has 2 aromatic carbocycles. The number of rotatable bonds is 3. The van der Waals surface area contributed by atoms with Gasteiger partial charge in [0.1, 0.15) is 11.5 Å². The fourth-order valence-corrected chi connectivity index (χ4v) is 1.73. The molecule has 0 aromatic heterocycles. The van der Waals surface area contributed by atoms with Crippen molar-refractivity contribution >= 4 is 23.5 Å². The average Bonchev–Trinajstić information content (AvgIpc) is 2.42. The first-order chi connectivity index (χ1) is 9.56. The van der Waals surface area contributed by atoms with Gasteiger partial charge in [0.15, 0.2) is 0 Å². The van der Waals surface area contributed by atoms with Crippen LogP contribution in [-0.2, 0) is 4.79 Å². The predicted octanol–water partition coefficient (Wildman–Crippen LogP) is 3.48. The maximum absolute atomic E-state index is 11.8. The Labute approximate surface area is 120 Å². The van der Waals surface area contributed by atoms with Gasteiger partial charge in [0, 0.05) is 13.0 Å². The number of carbonyl (C=O) groups excluding carboxylic acids is 2. The molecule has 20 heavy (non-hydrogen) atoms. The molecule has 5 heteroatoms. The molecule has 4 nitrogen and oxygen atoms in total. The number of carbonyl (C=O) groups is 2. The monoisotopic (exact) mass is 290 g/mol. The van der Waals surface area contributed by atoms with Crippen LogP contribution in [0.5, 0.6) is 11.5 Å². The Morgan fingerprint density at radius 3 is 2.30 bits per heavy atom. The smallest absolute Gasteiger partial charge is 0.343 e. The maximum atomic E-state index is 11.8. The van der Waals surface area contributed by atoms with Crippen LogP contribution in [-0.4, -0.2) is 11.9 Å². The Hall–Kier alpha value is -2.33. The first-order valence-corrected chi connectivity index (χ1v) is 6.19. The van der Waals surface area contributed by atoms with E-state index < -0.39 is 11.9 Å². The number of esters is 2. The summed E-state index contributed by atoms with van der Waals surface area (Å²) in [4.78, 5) is 22.7. The van der Waals surface area contributed by atoms with E-state index in [9.17, 15) is 9.59 Å². The van der Waals surface area contributed by atoms with E-state index in [1.807, 2.05) is 6.07 Å². The molecule has 0 aliphatic heterocycles. The number of ether oxygens (including phenoxy) is 2. The predicted molar refractivity (Wildman–Crippen MR) is 74.2 cm³/mol. The summed E-state index contributed by atoms with van der Waals surface area (Å²) in [6, 6.07) is 13.0. The highest BCUT2D eigenvalue weighted by Crippen LogP contribution is 2.29. The molecule has 2 aromatic rings. The largest absolute Gasteiger partial charge is 0.425 e. The summed E-state index contributed by atoms with van der Waals surface area (Å²) in [5.74, 6) is -0.457. The molecule has 0 spiro atoms. The molecule has 0 saturated carbocycles. The zero-order valence-electron chi connectivity index (χ0n) is 10.6. The highest BCUT2D eigenvalue weighted by Gasteiger charge is 2.10. The van der Waals surface area contributed by atoms with E-state index in [1.165, 1.54) is 25.1 Å². The third-order valence-electron chi connectivity index (χ3n) is 2.38. The van der Waals surface area contributed by atoms with Crippen molar-refractivity contribution in [1.82, 2.24) is 0 Å². The van der Waals surface area contributed by atoms with E-state index in [2.05, 4.69) is 0 Å². The van der Waals surface area contributed by atoms with Crippen molar-refractivity contribution < 1.29 is 19.1 Å². The molecular weight excluding hydrogens is 280 g/mol. The molecular formula is C15H11ClO4. The SMILES string of the molecule is CC(=O)Oc1ccc(OC(=O)c2ccccc2)cc1Cl. The minimum atomic E-state index is -0.484. The maximum Gasteiger partial charge on any atom is 0.343 e.